The number of nitrogens with one attached hydrogen (secondary N) is 1. The fourth-order valence-corrected chi connectivity index (χ4v) is 9.60. The van der Waals surface area contributed by atoms with Gasteiger partial charge < -0.3 is 45.1 Å². The zero-order valence-electron chi connectivity index (χ0n) is 52.5. The minimum atomic E-state index is -1.63. The van der Waals surface area contributed by atoms with Gasteiger partial charge in [0, 0.05) is 6.42 Å². The monoisotopic (exact) mass is 1160 g/mol. The number of amides is 1. The van der Waals surface area contributed by atoms with Crippen LogP contribution in [0.5, 0.6) is 0 Å². The standard InChI is InChI=1S/C72H121NO10/c1-4-7-10-13-16-19-22-24-26-28-29-30-31-32-33-34-35-36-38-39-41-44-47-50-53-56-59-65(76)71(80)73-63(64(75)58-55-52-49-46-43-21-18-15-12-9-6-3)62-81-72-70(69(79)68(78)66(61-74)82-72)83-67(77)60-57-54-51-48-45-42-40-37-27-25-23-20-17-14-11-8-5-2/h7,10,16-17,19-20,24-27,29-30,32-33,35-36,40,42,55,58,63-66,68-70,72,74-76,78-79H,4-6,8-9,11-15,18,21-23,28,31,34,37-39,41,43-54,56-57,59-62H2,1-3H3,(H,73,80)/b10-7-,19-16-,20-17-,26-24-,27-25-,30-29-,33-32-,36-35-,42-40-,58-55+. The van der Waals surface area contributed by atoms with Crippen molar-refractivity contribution >= 4 is 11.9 Å². The highest BCUT2D eigenvalue weighted by Gasteiger charge is 2.47. The van der Waals surface area contributed by atoms with Gasteiger partial charge in [-0.15, -0.1) is 0 Å². The maximum Gasteiger partial charge on any atom is 0.306 e. The van der Waals surface area contributed by atoms with Crippen LogP contribution in [0, 0.1) is 0 Å². The Balaban J connectivity index is 2.62. The Morgan fingerprint density at radius 1 is 0.482 bits per heavy atom. The first-order valence-corrected chi connectivity index (χ1v) is 33.3. The van der Waals surface area contributed by atoms with Crippen molar-refractivity contribution in [3.8, 4) is 0 Å². The zero-order chi connectivity index (χ0) is 60.3. The van der Waals surface area contributed by atoms with Gasteiger partial charge in [0.2, 0.25) is 5.91 Å². The summed E-state index contributed by atoms with van der Waals surface area (Å²) in [4.78, 5) is 26.6. The van der Waals surface area contributed by atoms with E-state index in [9.17, 15) is 35.1 Å². The van der Waals surface area contributed by atoms with Gasteiger partial charge in [-0.25, -0.2) is 0 Å². The maximum atomic E-state index is 13.5. The third-order valence-corrected chi connectivity index (χ3v) is 14.8. The second kappa shape index (κ2) is 58.4. The maximum absolute atomic E-state index is 13.5. The zero-order valence-corrected chi connectivity index (χ0v) is 52.5. The molecule has 474 valence electrons. The van der Waals surface area contributed by atoms with Crippen molar-refractivity contribution in [3.05, 3.63) is 122 Å². The number of allylic oxidation sites excluding steroid dienone is 19. The van der Waals surface area contributed by atoms with Gasteiger partial charge in [-0.05, 0) is 116 Å². The third-order valence-electron chi connectivity index (χ3n) is 14.8. The van der Waals surface area contributed by atoms with E-state index >= 15 is 0 Å². The van der Waals surface area contributed by atoms with Gasteiger partial charge in [-0.1, -0.05) is 258 Å². The topological polar surface area (TPSA) is 175 Å². The van der Waals surface area contributed by atoms with E-state index in [0.29, 0.717) is 12.8 Å². The minimum Gasteiger partial charge on any atom is -0.454 e. The molecule has 0 aliphatic carbocycles. The fourth-order valence-electron chi connectivity index (χ4n) is 9.60. The molecule has 1 aliphatic rings. The Morgan fingerprint density at radius 2 is 0.867 bits per heavy atom. The number of hydrogen-bond acceptors (Lipinski definition) is 10. The molecular weight excluding hydrogens is 1040 g/mol. The molecule has 0 saturated carbocycles. The van der Waals surface area contributed by atoms with Crippen molar-refractivity contribution in [3.63, 3.8) is 0 Å². The number of carbonyl (C=O) groups excluding carboxylic acids is 2. The van der Waals surface area contributed by atoms with E-state index < -0.39 is 67.4 Å². The van der Waals surface area contributed by atoms with Gasteiger partial charge in [0.05, 0.1) is 25.4 Å². The summed E-state index contributed by atoms with van der Waals surface area (Å²) in [5.74, 6) is -1.23. The summed E-state index contributed by atoms with van der Waals surface area (Å²) in [6.07, 6.45) is 70.9. The summed E-state index contributed by atoms with van der Waals surface area (Å²) in [5.41, 5.74) is 0. The van der Waals surface area contributed by atoms with Crippen LogP contribution in [-0.2, 0) is 23.8 Å². The van der Waals surface area contributed by atoms with E-state index in [0.717, 1.165) is 148 Å². The molecule has 1 saturated heterocycles. The Bertz CT molecular complexity index is 1810. The average Bonchev–Trinajstić information content (AvgIpc) is 3.62. The van der Waals surface area contributed by atoms with E-state index in [-0.39, 0.29) is 19.4 Å². The van der Waals surface area contributed by atoms with E-state index in [2.05, 4.69) is 135 Å². The van der Waals surface area contributed by atoms with Crippen molar-refractivity contribution in [1.29, 1.82) is 0 Å². The first-order valence-electron chi connectivity index (χ1n) is 33.3. The lowest BCUT2D eigenvalue weighted by Crippen LogP contribution is -2.61. The Hall–Kier alpha value is -3.94. The number of unbranched alkanes of at least 4 members (excludes halogenated alkanes) is 23. The highest BCUT2D eigenvalue weighted by Crippen LogP contribution is 2.26. The van der Waals surface area contributed by atoms with Crippen molar-refractivity contribution in [2.45, 2.75) is 307 Å². The molecule has 0 radical (unpaired) electrons. The third kappa shape index (κ3) is 46.0. The van der Waals surface area contributed by atoms with Gasteiger partial charge in [-0.3, -0.25) is 9.59 Å². The highest BCUT2D eigenvalue weighted by molar-refractivity contribution is 5.80. The van der Waals surface area contributed by atoms with Gasteiger partial charge in [-0.2, -0.15) is 0 Å². The van der Waals surface area contributed by atoms with Crippen LogP contribution in [0.1, 0.15) is 258 Å². The quantitative estimate of drug-likeness (QED) is 0.0195. The van der Waals surface area contributed by atoms with Crippen LogP contribution in [0.2, 0.25) is 0 Å². The smallest absolute Gasteiger partial charge is 0.306 e. The minimum absolute atomic E-state index is 0.0912. The molecule has 0 aromatic rings. The normalized spacial score (nSPS) is 19.3. The first-order chi connectivity index (χ1) is 40.7. The highest BCUT2D eigenvalue weighted by atomic mass is 16.7. The summed E-state index contributed by atoms with van der Waals surface area (Å²) in [7, 11) is 0. The van der Waals surface area contributed by atoms with Crippen LogP contribution in [0.25, 0.3) is 0 Å². The van der Waals surface area contributed by atoms with Gasteiger partial charge in [0.1, 0.15) is 24.4 Å². The molecule has 1 fully saturated rings. The number of aliphatic hydroxyl groups is 5. The van der Waals surface area contributed by atoms with Crippen molar-refractivity contribution in [2.75, 3.05) is 13.2 Å². The Kier molecular flexibility index (Phi) is 54.3. The molecule has 0 spiro atoms. The number of esters is 1. The second-order valence-electron chi connectivity index (χ2n) is 22.5. The molecule has 11 heteroatoms. The van der Waals surface area contributed by atoms with Gasteiger partial charge >= 0.3 is 5.97 Å². The van der Waals surface area contributed by atoms with E-state index in [1.807, 2.05) is 6.08 Å². The summed E-state index contributed by atoms with van der Waals surface area (Å²) in [6.45, 7) is 5.62. The van der Waals surface area contributed by atoms with Crippen LogP contribution < -0.4 is 5.32 Å². The van der Waals surface area contributed by atoms with Gasteiger partial charge in [0.25, 0.3) is 0 Å². The molecule has 0 aromatic heterocycles. The van der Waals surface area contributed by atoms with Crippen LogP contribution in [-0.4, -0.2) is 99.6 Å². The molecule has 1 rings (SSSR count). The molecule has 8 atom stereocenters. The molecule has 1 amide bonds. The molecule has 11 nitrogen and oxygen atoms in total. The lowest BCUT2D eigenvalue weighted by Gasteiger charge is -2.41. The summed E-state index contributed by atoms with van der Waals surface area (Å²) >= 11 is 0. The predicted octanol–water partition coefficient (Wildman–Crippen LogP) is 16.6. The SMILES string of the molecule is CC/C=C\C/C=C\C/C=C\C/C=C\C/C=C\C/C=C\CCCCCCCCCC(O)C(=O)NC(COC1OC(CO)C(O)C(O)C1OC(=O)CCCCCC/C=C\C/C=C\C/C=C\CCCCC)C(O)/C=C/CCCCCCCCCCC. The van der Waals surface area contributed by atoms with E-state index in [4.69, 9.17) is 14.2 Å². The lowest BCUT2D eigenvalue weighted by atomic mass is 9.99. The van der Waals surface area contributed by atoms with Crippen molar-refractivity contribution in [1.82, 2.24) is 5.32 Å². The predicted molar refractivity (Wildman–Crippen MR) is 347 cm³/mol. The Labute approximate surface area is 506 Å². The number of carbonyl (C=O) groups is 2. The largest absolute Gasteiger partial charge is 0.454 e. The number of aliphatic hydroxyl groups excluding tert-OH is 5. The molecule has 83 heavy (non-hydrogen) atoms. The van der Waals surface area contributed by atoms with Crippen molar-refractivity contribution in [2.24, 2.45) is 0 Å². The molecular formula is C72H121NO10. The van der Waals surface area contributed by atoms with Crippen LogP contribution >= 0.6 is 0 Å². The second-order valence-corrected chi connectivity index (χ2v) is 22.5. The van der Waals surface area contributed by atoms with Crippen molar-refractivity contribution < 1.29 is 49.3 Å². The summed E-state index contributed by atoms with van der Waals surface area (Å²) in [6, 6.07) is -1.04. The molecule has 1 aliphatic heterocycles. The van der Waals surface area contributed by atoms with E-state index in [1.54, 1.807) is 6.08 Å². The number of rotatable bonds is 55. The van der Waals surface area contributed by atoms with Gasteiger partial charge in [0.15, 0.2) is 12.4 Å². The summed E-state index contributed by atoms with van der Waals surface area (Å²) < 4.78 is 17.6. The van der Waals surface area contributed by atoms with E-state index in [1.165, 1.54) is 64.2 Å². The Morgan fingerprint density at radius 3 is 1.33 bits per heavy atom. The molecule has 1 heterocycles. The fraction of sp³-hybridized carbons (Fsp3) is 0.694. The first kappa shape index (κ1) is 77.1. The number of hydrogen-bond donors (Lipinski definition) is 6. The lowest BCUT2D eigenvalue weighted by molar-refractivity contribution is -0.305. The number of ether oxygens (including phenoxy) is 3. The van der Waals surface area contributed by atoms with Crippen LogP contribution in [0.4, 0.5) is 0 Å². The van der Waals surface area contributed by atoms with Crippen LogP contribution in [0.3, 0.4) is 0 Å². The van der Waals surface area contributed by atoms with Crippen LogP contribution in [0.15, 0.2) is 122 Å². The molecule has 6 N–H and O–H groups in total. The molecule has 8 unspecified atom stereocenters. The molecule has 0 bridgehead atoms. The average molecular weight is 1160 g/mol. The summed E-state index contributed by atoms with van der Waals surface area (Å²) in [5, 5.41) is 57.1. The molecule has 0 aromatic carbocycles.